The first kappa shape index (κ1) is 28.8. The van der Waals surface area contributed by atoms with Crippen LogP contribution < -0.4 is 0 Å². The second kappa shape index (κ2) is 11.2. The number of pyridine rings is 2. The molecule has 242 valence electrons. The lowest BCUT2D eigenvalue weighted by atomic mass is 9.95. The van der Waals surface area contributed by atoms with Crippen LogP contribution >= 0.6 is 0 Å². The molecule has 0 atom stereocenters. The maximum absolute atomic E-state index is 5.42. The van der Waals surface area contributed by atoms with Crippen molar-refractivity contribution in [2.24, 2.45) is 0 Å². The third kappa shape index (κ3) is 4.28. The Morgan fingerprint density at radius 2 is 0.885 bits per heavy atom. The van der Waals surface area contributed by atoms with Gasteiger partial charge in [-0.3, -0.25) is 9.55 Å². The van der Waals surface area contributed by atoms with Gasteiger partial charge in [-0.1, -0.05) is 109 Å². The standard InChI is InChI=1S/C48H30N4/c1-6-19-42-35(14-1)34(26-27-49-42)31-12-11-13-32(28-31)40-30-48(52-46-22-9-4-17-38(46)39-18-5-10-23-47(39)52)50-43-25-24-33(29-41(40)43)51-44-20-7-2-15-36(44)37-16-3-8-21-45(37)51/h1-30H. The number of hydrogen-bond donors (Lipinski definition) is 0. The molecule has 52 heavy (non-hydrogen) atoms. The van der Waals surface area contributed by atoms with Crippen LogP contribution in [0.15, 0.2) is 182 Å². The number of hydrogen-bond acceptors (Lipinski definition) is 2. The lowest BCUT2D eigenvalue weighted by Crippen LogP contribution is -2.00. The van der Waals surface area contributed by atoms with Crippen LogP contribution in [0.5, 0.6) is 0 Å². The van der Waals surface area contributed by atoms with Crippen molar-refractivity contribution in [1.29, 1.82) is 0 Å². The second-order valence-electron chi connectivity index (χ2n) is 13.4. The van der Waals surface area contributed by atoms with Crippen molar-refractivity contribution in [3.63, 3.8) is 0 Å². The van der Waals surface area contributed by atoms with Crippen molar-refractivity contribution in [3.8, 4) is 33.8 Å². The molecule has 0 radical (unpaired) electrons. The fraction of sp³-hybridized carbons (Fsp3) is 0. The summed E-state index contributed by atoms with van der Waals surface area (Å²) in [7, 11) is 0. The number of para-hydroxylation sites is 5. The lowest BCUT2D eigenvalue weighted by molar-refractivity contribution is 1.10. The van der Waals surface area contributed by atoms with Crippen LogP contribution in [0.1, 0.15) is 0 Å². The molecule has 4 aromatic heterocycles. The van der Waals surface area contributed by atoms with Gasteiger partial charge in [0.05, 0.1) is 33.1 Å². The minimum atomic E-state index is 0.893. The largest absolute Gasteiger partial charge is 0.309 e. The van der Waals surface area contributed by atoms with Gasteiger partial charge in [-0.2, -0.15) is 0 Å². The first-order valence-corrected chi connectivity index (χ1v) is 17.7. The number of benzene rings is 7. The molecule has 0 aliphatic carbocycles. The van der Waals surface area contributed by atoms with Crippen molar-refractivity contribution >= 4 is 65.4 Å². The molecule has 0 N–H and O–H groups in total. The van der Waals surface area contributed by atoms with E-state index in [0.29, 0.717) is 0 Å². The Morgan fingerprint density at radius 3 is 1.52 bits per heavy atom. The summed E-state index contributed by atoms with van der Waals surface area (Å²) in [6.45, 7) is 0. The Labute approximate surface area is 299 Å². The molecule has 7 aromatic carbocycles. The quantitative estimate of drug-likeness (QED) is 0.188. The van der Waals surface area contributed by atoms with Gasteiger partial charge in [0, 0.05) is 44.2 Å². The zero-order valence-corrected chi connectivity index (χ0v) is 28.1. The lowest BCUT2D eigenvalue weighted by Gasteiger charge is -2.16. The first-order valence-electron chi connectivity index (χ1n) is 17.7. The topological polar surface area (TPSA) is 35.6 Å². The molecule has 0 amide bonds. The molecule has 0 bridgehead atoms. The maximum Gasteiger partial charge on any atom is 0.138 e. The van der Waals surface area contributed by atoms with Gasteiger partial charge in [0.1, 0.15) is 5.82 Å². The van der Waals surface area contributed by atoms with Crippen molar-refractivity contribution < 1.29 is 0 Å². The van der Waals surface area contributed by atoms with E-state index in [4.69, 9.17) is 4.98 Å². The van der Waals surface area contributed by atoms with Crippen LogP contribution in [0, 0.1) is 0 Å². The number of aromatic nitrogens is 4. The highest BCUT2D eigenvalue weighted by Gasteiger charge is 2.18. The molecule has 0 aliphatic heterocycles. The molecular formula is C48H30N4. The fourth-order valence-corrected chi connectivity index (χ4v) is 8.26. The molecular weight excluding hydrogens is 633 g/mol. The molecule has 11 aromatic rings. The van der Waals surface area contributed by atoms with E-state index in [2.05, 4.69) is 184 Å². The minimum Gasteiger partial charge on any atom is -0.309 e. The van der Waals surface area contributed by atoms with Gasteiger partial charge < -0.3 is 4.57 Å². The Hall–Kier alpha value is -7.04. The summed E-state index contributed by atoms with van der Waals surface area (Å²) in [5, 5.41) is 7.16. The van der Waals surface area contributed by atoms with E-state index >= 15 is 0 Å². The van der Waals surface area contributed by atoms with Crippen LogP contribution in [0.25, 0.3) is 99.2 Å². The Balaban J connectivity index is 1.21. The molecule has 4 nitrogen and oxygen atoms in total. The Bertz CT molecular complexity index is 3090. The maximum atomic E-state index is 5.42. The van der Waals surface area contributed by atoms with Crippen molar-refractivity contribution in [3.05, 3.63) is 182 Å². The second-order valence-corrected chi connectivity index (χ2v) is 13.4. The first-order chi connectivity index (χ1) is 25.8. The van der Waals surface area contributed by atoms with Crippen molar-refractivity contribution in [2.45, 2.75) is 0 Å². The molecule has 0 aliphatic rings. The van der Waals surface area contributed by atoms with E-state index in [1.807, 2.05) is 12.3 Å². The van der Waals surface area contributed by atoms with E-state index in [9.17, 15) is 0 Å². The highest BCUT2D eigenvalue weighted by molar-refractivity contribution is 6.11. The third-order valence-electron chi connectivity index (χ3n) is 10.6. The molecule has 4 heteroatoms. The predicted molar refractivity (Wildman–Crippen MR) is 217 cm³/mol. The van der Waals surface area contributed by atoms with Gasteiger partial charge in [0.2, 0.25) is 0 Å². The predicted octanol–water partition coefficient (Wildman–Crippen LogP) is 12.3. The number of fused-ring (bicyclic) bond motifs is 8. The summed E-state index contributed by atoms with van der Waals surface area (Å²) in [4.78, 5) is 10.1. The summed E-state index contributed by atoms with van der Waals surface area (Å²) < 4.78 is 4.70. The highest BCUT2D eigenvalue weighted by atomic mass is 15.1. The number of nitrogens with zero attached hydrogens (tertiary/aromatic N) is 4. The average Bonchev–Trinajstić information content (AvgIpc) is 3.73. The van der Waals surface area contributed by atoms with Gasteiger partial charge in [-0.25, -0.2) is 4.98 Å². The zero-order valence-electron chi connectivity index (χ0n) is 28.1. The van der Waals surface area contributed by atoms with Gasteiger partial charge in [-0.05, 0) is 89.0 Å². The smallest absolute Gasteiger partial charge is 0.138 e. The van der Waals surface area contributed by atoms with E-state index in [0.717, 1.165) is 61.0 Å². The van der Waals surface area contributed by atoms with Crippen LogP contribution in [0.3, 0.4) is 0 Å². The summed E-state index contributed by atoms with van der Waals surface area (Å²) in [5.74, 6) is 0.893. The van der Waals surface area contributed by atoms with Crippen molar-refractivity contribution in [2.75, 3.05) is 0 Å². The fourth-order valence-electron chi connectivity index (χ4n) is 8.26. The van der Waals surface area contributed by atoms with Crippen LogP contribution in [-0.4, -0.2) is 19.1 Å². The van der Waals surface area contributed by atoms with Crippen molar-refractivity contribution in [1.82, 2.24) is 19.1 Å². The molecule has 0 saturated carbocycles. The summed E-state index contributed by atoms with van der Waals surface area (Å²) in [6.07, 6.45) is 1.91. The van der Waals surface area contributed by atoms with E-state index in [1.165, 1.54) is 38.1 Å². The SMILES string of the molecule is c1cc(-c2ccnc3ccccc23)cc(-c2cc(-n3c4ccccc4c4ccccc43)nc3ccc(-n4c5ccccc5c5ccccc54)cc23)c1. The van der Waals surface area contributed by atoms with Gasteiger partial charge in [-0.15, -0.1) is 0 Å². The molecule has 0 spiro atoms. The monoisotopic (exact) mass is 662 g/mol. The number of rotatable bonds is 4. The minimum absolute atomic E-state index is 0.893. The Morgan fingerprint density at radius 1 is 0.346 bits per heavy atom. The summed E-state index contributed by atoms with van der Waals surface area (Å²) in [5.41, 5.74) is 12.3. The van der Waals surface area contributed by atoms with Gasteiger partial charge in [0.15, 0.2) is 0 Å². The third-order valence-corrected chi connectivity index (χ3v) is 10.6. The van der Waals surface area contributed by atoms with Gasteiger partial charge in [0.25, 0.3) is 0 Å². The highest BCUT2D eigenvalue weighted by Crippen LogP contribution is 2.39. The molecule has 0 fully saturated rings. The van der Waals surface area contributed by atoms with E-state index in [-0.39, 0.29) is 0 Å². The van der Waals surface area contributed by atoms with E-state index < -0.39 is 0 Å². The molecule has 4 heterocycles. The molecule has 0 unspecified atom stereocenters. The normalized spacial score (nSPS) is 11.8. The van der Waals surface area contributed by atoms with Crippen LogP contribution in [0.4, 0.5) is 0 Å². The molecule has 11 rings (SSSR count). The summed E-state index contributed by atoms with van der Waals surface area (Å²) >= 11 is 0. The zero-order chi connectivity index (χ0) is 34.2. The van der Waals surface area contributed by atoms with Gasteiger partial charge >= 0.3 is 0 Å². The average molecular weight is 663 g/mol. The molecule has 0 saturated heterocycles. The van der Waals surface area contributed by atoms with E-state index in [1.54, 1.807) is 0 Å². The van der Waals surface area contributed by atoms with Crippen LogP contribution in [0.2, 0.25) is 0 Å². The summed E-state index contributed by atoms with van der Waals surface area (Å²) in [6, 6.07) is 63.0. The van der Waals surface area contributed by atoms with Crippen LogP contribution in [-0.2, 0) is 0 Å². The Kier molecular flexibility index (Phi) is 6.22.